The molecule has 1 aliphatic carbocycles. The van der Waals surface area contributed by atoms with Crippen molar-refractivity contribution in [3.63, 3.8) is 0 Å². The molecule has 0 aromatic heterocycles. The fourth-order valence-electron chi connectivity index (χ4n) is 2.65. The van der Waals surface area contributed by atoms with E-state index in [0.29, 0.717) is 16.4 Å². The van der Waals surface area contributed by atoms with E-state index in [4.69, 9.17) is 18.0 Å². The average Bonchev–Trinajstić information content (AvgIpc) is 2.85. The van der Waals surface area contributed by atoms with E-state index >= 15 is 0 Å². The van der Waals surface area contributed by atoms with Crippen LogP contribution in [0.4, 0.5) is 0 Å². The zero-order valence-electron chi connectivity index (χ0n) is 12.1. The molecule has 0 amide bonds. The van der Waals surface area contributed by atoms with Crippen molar-refractivity contribution in [3.05, 3.63) is 29.3 Å². The van der Waals surface area contributed by atoms with Crippen LogP contribution in [0.15, 0.2) is 23.1 Å². The first-order chi connectivity index (χ1) is 9.85. The summed E-state index contributed by atoms with van der Waals surface area (Å²) in [5, 5.41) is 0.346. The van der Waals surface area contributed by atoms with Gasteiger partial charge in [0.15, 0.2) is 0 Å². The molecule has 1 aliphatic rings. The minimum Gasteiger partial charge on any atom is -0.389 e. The quantitative estimate of drug-likeness (QED) is 0.801. The molecule has 1 aromatic rings. The third-order valence-corrected chi connectivity index (χ3v) is 6.86. The topological polar surface area (TPSA) is 72.2 Å². The maximum Gasteiger partial charge on any atom is 0.241 e. The van der Waals surface area contributed by atoms with E-state index in [1.54, 1.807) is 36.9 Å². The summed E-state index contributed by atoms with van der Waals surface area (Å²) in [6.45, 7) is 1.78. The fraction of sp³-hybridized carbons (Fsp3) is 0.500. The van der Waals surface area contributed by atoms with E-state index in [-0.39, 0.29) is 15.9 Å². The lowest BCUT2D eigenvalue weighted by Gasteiger charge is -2.20. The molecular weight excluding hydrogens is 324 g/mol. The largest absolute Gasteiger partial charge is 0.389 e. The fourth-order valence-corrected chi connectivity index (χ4v) is 5.38. The number of hydrogen-bond donors (Lipinski definition) is 2. The highest BCUT2D eigenvalue weighted by Gasteiger charge is 2.31. The third kappa shape index (κ3) is 3.77. The molecule has 2 atom stereocenters. The predicted molar refractivity (Wildman–Crippen MR) is 92.3 cm³/mol. The van der Waals surface area contributed by atoms with Gasteiger partial charge in [-0.15, -0.1) is 0 Å². The van der Waals surface area contributed by atoms with Crippen LogP contribution in [0, 0.1) is 6.92 Å². The Balaban J connectivity index is 2.31. The molecule has 21 heavy (non-hydrogen) atoms. The molecule has 7 heteroatoms. The van der Waals surface area contributed by atoms with Crippen LogP contribution in [-0.4, -0.2) is 31.0 Å². The van der Waals surface area contributed by atoms with Crippen LogP contribution in [0.2, 0.25) is 0 Å². The Morgan fingerprint density at radius 3 is 2.76 bits per heavy atom. The number of rotatable bonds is 5. The second-order valence-electron chi connectivity index (χ2n) is 5.28. The maximum absolute atomic E-state index is 12.6. The van der Waals surface area contributed by atoms with Gasteiger partial charge >= 0.3 is 0 Å². The summed E-state index contributed by atoms with van der Waals surface area (Å²) in [6, 6.07) is 5.04. The van der Waals surface area contributed by atoms with Crippen LogP contribution in [0.3, 0.4) is 0 Å². The standard InChI is InChI=1S/C14H20N2O2S3/c1-9-6-7-10(14(15)19)8-13(9)21(17,18)16-11-4-3-5-12(11)20-2/h6-8,11-12,16H,3-5H2,1-2H3,(H2,15,19). The van der Waals surface area contributed by atoms with Gasteiger partial charge in [0.2, 0.25) is 10.0 Å². The minimum atomic E-state index is -3.55. The highest BCUT2D eigenvalue weighted by molar-refractivity contribution is 7.99. The number of nitrogens with two attached hydrogens (primary N) is 1. The van der Waals surface area contributed by atoms with E-state index in [1.807, 2.05) is 6.26 Å². The van der Waals surface area contributed by atoms with Crippen molar-refractivity contribution >= 4 is 39.0 Å². The second kappa shape index (κ2) is 6.64. The number of nitrogens with one attached hydrogen (secondary N) is 1. The Hall–Kier alpha value is -0.630. The summed E-state index contributed by atoms with van der Waals surface area (Å²) in [5.41, 5.74) is 6.86. The first-order valence-corrected chi connectivity index (χ1v) is 9.98. The molecule has 4 nitrogen and oxygen atoms in total. The lowest BCUT2D eigenvalue weighted by Crippen LogP contribution is -2.38. The van der Waals surface area contributed by atoms with Gasteiger partial charge in [0.05, 0.1) is 4.90 Å². The Morgan fingerprint density at radius 1 is 1.43 bits per heavy atom. The number of hydrogen-bond acceptors (Lipinski definition) is 4. The zero-order valence-corrected chi connectivity index (χ0v) is 14.6. The van der Waals surface area contributed by atoms with Crippen LogP contribution < -0.4 is 10.5 Å². The van der Waals surface area contributed by atoms with Crippen molar-refractivity contribution < 1.29 is 8.42 Å². The zero-order chi connectivity index (χ0) is 15.6. The maximum atomic E-state index is 12.6. The molecule has 1 saturated carbocycles. The van der Waals surface area contributed by atoms with E-state index in [1.165, 1.54) is 0 Å². The first kappa shape index (κ1) is 16.7. The second-order valence-corrected chi connectivity index (χ2v) is 8.48. The van der Waals surface area contributed by atoms with Crippen molar-refractivity contribution in [3.8, 4) is 0 Å². The van der Waals surface area contributed by atoms with E-state index in [0.717, 1.165) is 19.3 Å². The number of benzene rings is 1. The number of thiocarbonyl (C=S) groups is 1. The molecule has 0 spiro atoms. The van der Waals surface area contributed by atoms with Gasteiger partial charge in [0.1, 0.15) is 4.99 Å². The van der Waals surface area contributed by atoms with Gasteiger partial charge in [-0.2, -0.15) is 11.8 Å². The monoisotopic (exact) mass is 344 g/mol. The van der Waals surface area contributed by atoms with Crippen LogP contribution in [0.1, 0.15) is 30.4 Å². The SMILES string of the molecule is CSC1CCCC1NS(=O)(=O)c1cc(C(N)=S)ccc1C. The van der Waals surface area contributed by atoms with E-state index in [9.17, 15) is 8.42 Å². The Labute approximate surface area is 135 Å². The van der Waals surface area contributed by atoms with Crippen LogP contribution in [0.25, 0.3) is 0 Å². The highest BCUT2D eigenvalue weighted by atomic mass is 32.2. The molecule has 0 aliphatic heterocycles. The molecule has 116 valence electrons. The van der Waals surface area contributed by atoms with Crippen molar-refractivity contribution in [1.29, 1.82) is 0 Å². The molecule has 2 rings (SSSR count). The first-order valence-electron chi connectivity index (χ1n) is 6.80. The minimum absolute atomic E-state index is 0.00196. The molecule has 1 fully saturated rings. The van der Waals surface area contributed by atoms with Gasteiger partial charge in [-0.1, -0.05) is 30.8 Å². The summed E-state index contributed by atoms with van der Waals surface area (Å²) in [6.07, 6.45) is 5.03. The molecule has 0 bridgehead atoms. The van der Waals surface area contributed by atoms with Gasteiger partial charge in [0.25, 0.3) is 0 Å². The van der Waals surface area contributed by atoms with Crippen molar-refractivity contribution in [1.82, 2.24) is 4.72 Å². The van der Waals surface area contributed by atoms with Crippen LogP contribution in [0.5, 0.6) is 0 Å². The van der Waals surface area contributed by atoms with Crippen molar-refractivity contribution in [2.75, 3.05) is 6.26 Å². The number of aryl methyl sites for hydroxylation is 1. The summed E-state index contributed by atoms with van der Waals surface area (Å²) in [7, 11) is -3.55. The average molecular weight is 345 g/mol. The normalized spacial score (nSPS) is 22.4. The smallest absolute Gasteiger partial charge is 0.241 e. The predicted octanol–water partition coefficient (Wildman–Crippen LogP) is 2.19. The van der Waals surface area contributed by atoms with E-state index in [2.05, 4.69) is 4.72 Å². The number of sulfonamides is 1. The Kier molecular flexibility index (Phi) is 5.29. The molecule has 0 saturated heterocycles. The van der Waals surface area contributed by atoms with Gasteiger partial charge in [-0.25, -0.2) is 13.1 Å². The highest BCUT2D eigenvalue weighted by Crippen LogP contribution is 2.30. The Morgan fingerprint density at radius 2 is 2.14 bits per heavy atom. The van der Waals surface area contributed by atoms with Gasteiger partial charge in [-0.3, -0.25) is 0 Å². The molecule has 3 N–H and O–H groups in total. The lowest BCUT2D eigenvalue weighted by molar-refractivity contribution is 0.554. The molecule has 2 unspecified atom stereocenters. The third-order valence-electron chi connectivity index (χ3n) is 3.82. The van der Waals surface area contributed by atoms with Gasteiger partial charge < -0.3 is 5.73 Å². The molecule has 0 heterocycles. The van der Waals surface area contributed by atoms with Crippen molar-refractivity contribution in [2.45, 2.75) is 42.4 Å². The van der Waals surface area contributed by atoms with Crippen molar-refractivity contribution in [2.24, 2.45) is 5.73 Å². The molecule has 1 aromatic carbocycles. The van der Waals surface area contributed by atoms with E-state index < -0.39 is 10.0 Å². The van der Waals surface area contributed by atoms with Crippen LogP contribution >= 0.6 is 24.0 Å². The summed E-state index contributed by atoms with van der Waals surface area (Å²) in [4.78, 5) is 0.467. The van der Waals surface area contributed by atoms with Gasteiger partial charge in [-0.05, 0) is 37.7 Å². The number of thioether (sulfide) groups is 1. The summed E-state index contributed by atoms with van der Waals surface area (Å²) >= 11 is 6.65. The van der Waals surface area contributed by atoms with Gasteiger partial charge in [0, 0.05) is 16.9 Å². The van der Waals surface area contributed by atoms with Crippen LogP contribution in [-0.2, 0) is 10.0 Å². The molecule has 0 radical (unpaired) electrons. The Bertz CT molecular complexity index is 644. The molecular formula is C14H20N2O2S3. The summed E-state index contributed by atoms with van der Waals surface area (Å²) < 4.78 is 28.1. The lowest BCUT2D eigenvalue weighted by atomic mass is 10.1. The summed E-state index contributed by atoms with van der Waals surface area (Å²) in [5.74, 6) is 0.